The van der Waals surface area contributed by atoms with Crippen LogP contribution in [0, 0.1) is 0 Å². The van der Waals surface area contributed by atoms with Crippen LogP contribution < -0.4 is 5.32 Å². The highest BCUT2D eigenvalue weighted by Crippen LogP contribution is 2.50. The summed E-state index contributed by atoms with van der Waals surface area (Å²) in [7, 11) is 1.63. The number of aromatic amines is 1. The Kier molecular flexibility index (Phi) is 3.44. The van der Waals surface area contributed by atoms with E-state index in [1.807, 2.05) is 24.4 Å². The lowest BCUT2D eigenvalue weighted by Gasteiger charge is -2.14. The van der Waals surface area contributed by atoms with Gasteiger partial charge in [-0.05, 0) is 36.6 Å². The number of ether oxygens (including phenoxy) is 1. The van der Waals surface area contributed by atoms with Crippen molar-refractivity contribution < 1.29 is 9.53 Å². The first-order valence-corrected chi connectivity index (χ1v) is 7.09. The molecule has 0 radical (unpaired) electrons. The van der Waals surface area contributed by atoms with E-state index >= 15 is 0 Å². The fourth-order valence-corrected chi connectivity index (χ4v) is 2.84. The number of benzene rings is 1. The molecule has 1 heterocycles. The van der Waals surface area contributed by atoms with Gasteiger partial charge in [-0.15, -0.1) is 0 Å². The third-order valence-electron chi connectivity index (χ3n) is 3.94. The third-order valence-corrected chi connectivity index (χ3v) is 4.17. The number of hydrogen-bond donors (Lipinski definition) is 2. The lowest BCUT2D eigenvalue weighted by Crippen LogP contribution is -2.36. The van der Waals surface area contributed by atoms with Crippen LogP contribution in [0.4, 0.5) is 0 Å². The van der Waals surface area contributed by atoms with Crippen LogP contribution in [0.5, 0.6) is 0 Å². The summed E-state index contributed by atoms with van der Waals surface area (Å²) in [4.78, 5) is 15.6. The SMILES string of the molecule is COCCNC(=O)C1(c2c[nH]c3ccc(Cl)cc23)CC1. The van der Waals surface area contributed by atoms with Crippen LogP contribution in [0.1, 0.15) is 18.4 Å². The van der Waals surface area contributed by atoms with Gasteiger partial charge in [0.15, 0.2) is 0 Å². The molecule has 2 N–H and O–H groups in total. The predicted octanol–water partition coefficient (Wildman–Crippen LogP) is 2.62. The fourth-order valence-electron chi connectivity index (χ4n) is 2.67. The number of nitrogens with one attached hydrogen (secondary N) is 2. The summed E-state index contributed by atoms with van der Waals surface area (Å²) in [5, 5.41) is 4.67. The van der Waals surface area contributed by atoms with Crippen LogP contribution in [0.15, 0.2) is 24.4 Å². The van der Waals surface area contributed by atoms with Gasteiger partial charge in [0.1, 0.15) is 0 Å². The van der Waals surface area contributed by atoms with Crippen LogP contribution in [-0.2, 0) is 14.9 Å². The standard InChI is InChI=1S/C15H17ClN2O2/c1-20-7-6-17-14(19)15(4-5-15)12-9-18-13-3-2-10(16)8-11(12)13/h2-3,8-9,18H,4-7H2,1H3,(H,17,19). The number of amides is 1. The number of aromatic nitrogens is 1. The zero-order valence-corrected chi connectivity index (χ0v) is 12.1. The topological polar surface area (TPSA) is 54.1 Å². The average molecular weight is 293 g/mol. The minimum absolute atomic E-state index is 0.0791. The smallest absolute Gasteiger partial charge is 0.230 e. The van der Waals surface area contributed by atoms with Crippen molar-refractivity contribution in [3.05, 3.63) is 35.0 Å². The molecule has 0 unspecified atom stereocenters. The number of rotatable bonds is 5. The molecule has 20 heavy (non-hydrogen) atoms. The van der Waals surface area contributed by atoms with Gasteiger partial charge in [-0.2, -0.15) is 0 Å². The fraction of sp³-hybridized carbons (Fsp3) is 0.400. The molecular formula is C15H17ClN2O2. The van der Waals surface area contributed by atoms with E-state index in [0.29, 0.717) is 18.2 Å². The van der Waals surface area contributed by atoms with E-state index in [-0.39, 0.29) is 5.91 Å². The Morgan fingerprint density at radius 1 is 1.50 bits per heavy atom. The van der Waals surface area contributed by atoms with Gasteiger partial charge in [-0.3, -0.25) is 4.79 Å². The maximum Gasteiger partial charge on any atom is 0.230 e. The molecule has 3 rings (SSSR count). The number of hydrogen-bond acceptors (Lipinski definition) is 2. The number of halogens is 1. The van der Waals surface area contributed by atoms with Gasteiger partial charge in [0, 0.05) is 35.8 Å². The highest BCUT2D eigenvalue weighted by Gasteiger charge is 2.52. The third kappa shape index (κ3) is 2.19. The lowest BCUT2D eigenvalue weighted by atomic mass is 9.94. The molecule has 1 aromatic carbocycles. The van der Waals surface area contributed by atoms with Crippen LogP contribution in [0.2, 0.25) is 5.02 Å². The molecule has 2 aromatic rings. The Hall–Kier alpha value is -1.52. The van der Waals surface area contributed by atoms with Crippen molar-refractivity contribution in [1.29, 1.82) is 0 Å². The Morgan fingerprint density at radius 3 is 3.00 bits per heavy atom. The second-order valence-electron chi connectivity index (χ2n) is 5.22. The molecule has 0 atom stereocenters. The predicted molar refractivity (Wildman–Crippen MR) is 79.1 cm³/mol. The molecule has 1 amide bonds. The minimum Gasteiger partial charge on any atom is -0.383 e. The van der Waals surface area contributed by atoms with Gasteiger partial charge in [0.25, 0.3) is 0 Å². The van der Waals surface area contributed by atoms with E-state index in [4.69, 9.17) is 16.3 Å². The summed E-state index contributed by atoms with van der Waals surface area (Å²) in [5.41, 5.74) is 1.67. The maximum atomic E-state index is 12.4. The van der Waals surface area contributed by atoms with Crippen molar-refractivity contribution in [3.8, 4) is 0 Å². The van der Waals surface area contributed by atoms with Crippen molar-refractivity contribution >= 4 is 28.4 Å². The summed E-state index contributed by atoms with van der Waals surface area (Å²) >= 11 is 6.07. The zero-order valence-electron chi connectivity index (χ0n) is 11.3. The number of methoxy groups -OCH3 is 1. The molecule has 1 aliphatic rings. The van der Waals surface area contributed by atoms with E-state index in [2.05, 4.69) is 10.3 Å². The largest absolute Gasteiger partial charge is 0.383 e. The molecule has 5 heteroatoms. The van der Waals surface area contributed by atoms with Gasteiger partial charge < -0.3 is 15.0 Å². The number of carbonyl (C=O) groups excluding carboxylic acids is 1. The van der Waals surface area contributed by atoms with E-state index < -0.39 is 5.41 Å². The maximum absolute atomic E-state index is 12.4. The number of fused-ring (bicyclic) bond motifs is 1. The van der Waals surface area contributed by atoms with Crippen molar-refractivity contribution in [3.63, 3.8) is 0 Å². The Labute approximate surface area is 122 Å². The Balaban J connectivity index is 1.90. The van der Waals surface area contributed by atoms with Crippen LogP contribution in [0.25, 0.3) is 10.9 Å². The molecule has 106 valence electrons. The summed E-state index contributed by atoms with van der Waals surface area (Å²) in [6, 6.07) is 5.72. The molecule has 0 aliphatic heterocycles. The minimum atomic E-state index is -0.392. The zero-order chi connectivity index (χ0) is 14.2. The first kappa shape index (κ1) is 13.5. The summed E-state index contributed by atoms with van der Waals surface area (Å²) in [6.07, 6.45) is 3.69. The van der Waals surface area contributed by atoms with Gasteiger partial charge in [-0.1, -0.05) is 11.6 Å². The van der Waals surface area contributed by atoms with E-state index in [1.54, 1.807) is 7.11 Å². The lowest BCUT2D eigenvalue weighted by molar-refractivity contribution is -0.123. The van der Waals surface area contributed by atoms with Gasteiger partial charge in [0.2, 0.25) is 5.91 Å². The van der Waals surface area contributed by atoms with Gasteiger partial charge >= 0.3 is 0 Å². The highest BCUT2D eigenvalue weighted by atomic mass is 35.5. The van der Waals surface area contributed by atoms with Crippen LogP contribution in [0.3, 0.4) is 0 Å². The Morgan fingerprint density at radius 2 is 2.30 bits per heavy atom. The van der Waals surface area contributed by atoms with E-state index in [1.165, 1.54) is 0 Å². The molecular weight excluding hydrogens is 276 g/mol. The van der Waals surface area contributed by atoms with Crippen molar-refractivity contribution in [2.75, 3.05) is 20.3 Å². The molecule has 4 nitrogen and oxygen atoms in total. The normalized spacial score (nSPS) is 16.3. The summed E-state index contributed by atoms with van der Waals surface area (Å²) in [6.45, 7) is 1.07. The van der Waals surface area contributed by atoms with Crippen LogP contribution >= 0.6 is 11.6 Å². The highest BCUT2D eigenvalue weighted by molar-refractivity contribution is 6.31. The van der Waals surface area contributed by atoms with Crippen molar-refractivity contribution in [2.24, 2.45) is 0 Å². The van der Waals surface area contributed by atoms with Crippen LogP contribution in [-0.4, -0.2) is 31.2 Å². The first-order chi connectivity index (χ1) is 9.67. The molecule has 0 spiro atoms. The molecule has 0 bridgehead atoms. The summed E-state index contributed by atoms with van der Waals surface area (Å²) < 4.78 is 4.96. The monoisotopic (exact) mass is 292 g/mol. The quantitative estimate of drug-likeness (QED) is 0.832. The van der Waals surface area contributed by atoms with Gasteiger partial charge in [-0.25, -0.2) is 0 Å². The van der Waals surface area contributed by atoms with Crippen molar-refractivity contribution in [2.45, 2.75) is 18.3 Å². The molecule has 0 saturated heterocycles. The Bertz CT molecular complexity index is 646. The second-order valence-corrected chi connectivity index (χ2v) is 5.66. The molecule has 1 fully saturated rings. The van der Waals surface area contributed by atoms with E-state index in [0.717, 1.165) is 29.3 Å². The second kappa shape index (κ2) is 5.11. The average Bonchev–Trinajstić information content (AvgIpc) is 3.14. The molecule has 1 saturated carbocycles. The van der Waals surface area contributed by atoms with E-state index in [9.17, 15) is 4.79 Å². The van der Waals surface area contributed by atoms with Crippen molar-refractivity contribution in [1.82, 2.24) is 10.3 Å². The number of H-pyrrole nitrogens is 1. The van der Waals surface area contributed by atoms with Gasteiger partial charge in [0.05, 0.1) is 12.0 Å². The summed E-state index contributed by atoms with van der Waals surface area (Å²) in [5.74, 6) is 0.0791. The first-order valence-electron chi connectivity index (χ1n) is 6.72. The molecule has 1 aromatic heterocycles. The number of carbonyl (C=O) groups is 1. The molecule has 1 aliphatic carbocycles.